The molecule has 12 nitrogen and oxygen atoms in total. The molecule has 0 atom stereocenters. The second kappa shape index (κ2) is 9.34. The molecule has 0 spiro atoms. The van der Waals surface area contributed by atoms with Gasteiger partial charge >= 0.3 is 10.9 Å². The van der Waals surface area contributed by atoms with Gasteiger partial charge in [-0.3, -0.25) is 14.9 Å². The lowest BCUT2D eigenvalue weighted by atomic mass is 10.4. The molecule has 3 aromatic rings. The van der Waals surface area contributed by atoms with Gasteiger partial charge in [0, 0.05) is 6.20 Å². The van der Waals surface area contributed by atoms with Crippen LogP contribution in [0.2, 0.25) is 0 Å². The highest BCUT2D eigenvalue weighted by Crippen LogP contribution is 2.24. The normalized spacial score (nSPS) is 11.5. The summed E-state index contributed by atoms with van der Waals surface area (Å²) in [6.45, 7) is -0.136. The first kappa shape index (κ1) is 20.6. The predicted molar refractivity (Wildman–Crippen MR) is 102 cm³/mol. The van der Waals surface area contributed by atoms with E-state index in [1.807, 2.05) is 0 Å². The van der Waals surface area contributed by atoms with E-state index in [4.69, 9.17) is 10.00 Å². The molecule has 2 aromatic heterocycles. The highest BCUT2D eigenvalue weighted by Gasteiger charge is 2.35. The number of pyridine rings is 1. The Kier molecular flexibility index (Phi) is 6.40. The maximum absolute atomic E-state index is 12.7. The molecule has 2 N–H and O–H groups in total. The lowest BCUT2D eigenvalue weighted by Gasteiger charge is -2.07. The van der Waals surface area contributed by atoms with E-state index in [1.165, 1.54) is 30.5 Å². The van der Waals surface area contributed by atoms with Gasteiger partial charge in [0.2, 0.25) is 5.96 Å². The number of aromatic nitrogens is 3. The van der Waals surface area contributed by atoms with E-state index < -0.39 is 20.7 Å². The Morgan fingerprint density at radius 3 is 2.80 bits per heavy atom. The molecule has 1 aromatic carbocycles. The molecule has 13 heteroatoms. The number of nitriles is 1. The first-order valence-corrected chi connectivity index (χ1v) is 9.90. The number of nitrogens with one attached hydrogen (secondary N) is 2. The summed E-state index contributed by atoms with van der Waals surface area (Å²) >= 11 is 0. The largest absolute Gasteiger partial charge is 0.452 e. The number of nitrogens with zero attached hydrogens (tertiary/aromatic N) is 5. The molecule has 2 heterocycles. The van der Waals surface area contributed by atoms with Gasteiger partial charge in [-0.25, -0.2) is 13.4 Å². The summed E-state index contributed by atoms with van der Waals surface area (Å²) in [4.78, 5) is 7.70. The van der Waals surface area contributed by atoms with E-state index in [-0.39, 0.29) is 28.9 Å². The van der Waals surface area contributed by atoms with Crippen LogP contribution in [-0.2, 0) is 9.84 Å². The van der Waals surface area contributed by atoms with E-state index in [1.54, 1.807) is 30.6 Å². The number of sulfone groups is 1. The van der Waals surface area contributed by atoms with Crippen LogP contribution in [0.1, 0.15) is 0 Å². The third kappa shape index (κ3) is 4.80. The summed E-state index contributed by atoms with van der Waals surface area (Å²) in [6, 6.07) is 10.8. The maximum Gasteiger partial charge on any atom is 0.415 e. The van der Waals surface area contributed by atoms with E-state index in [0.717, 1.165) is 0 Å². The van der Waals surface area contributed by atoms with Crippen molar-refractivity contribution in [2.24, 2.45) is 4.99 Å². The number of hydrogen-bond donors (Lipinski definition) is 2. The molecule has 0 aliphatic rings. The molecule has 0 unspecified atom stereocenters. The number of anilines is 1. The van der Waals surface area contributed by atoms with Crippen molar-refractivity contribution in [3.8, 4) is 12.1 Å². The van der Waals surface area contributed by atoms with Crippen molar-refractivity contribution in [1.29, 1.82) is 5.26 Å². The second-order valence-electron chi connectivity index (χ2n) is 5.54. The van der Waals surface area contributed by atoms with E-state index in [2.05, 4.69) is 30.4 Å². The molecule has 0 saturated carbocycles. The van der Waals surface area contributed by atoms with Gasteiger partial charge in [0.1, 0.15) is 6.61 Å². The van der Waals surface area contributed by atoms with Crippen molar-refractivity contribution >= 4 is 21.5 Å². The molecule has 0 bridgehead atoms. The zero-order valence-corrected chi connectivity index (χ0v) is 16.1. The molecule has 0 saturated heterocycles. The van der Waals surface area contributed by atoms with Crippen LogP contribution in [0, 0.1) is 16.7 Å². The Bertz CT molecular complexity index is 1160. The van der Waals surface area contributed by atoms with Gasteiger partial charge in [0.15, 0.2) is 6.19 Å². The van der Waals surface area contributed by atoms with Gasteiger partial charge in [0.25, 0.3) is 9.84 Å². The topological polar surface area (TPSA) is 169 Å². The van der Waals surface area contributed by atoms with E-state index >= 15 is 0 Å². The van der Waals surface area contributed by atoms with Crippen molar-refractivity contribution < 1.29 is 22.7 Å². The summed E-state index contributed by atoms with van der Waals surface area (Å²) in [5.41, 5.74) is 0.597. The predicted octanol–water partition coefficient (Wildman–Crippen LogP) is 0.453. The van der Waals surface area contributed by atoms with Crippen LogP contribution in [0.5, 0.6) is 5.88 Å². The molecule has 0 aliphatic heterocycles. The third-order valence-corrected chi connectivity index (χ3v) is 5.28. The summed E-state index contributed by atoms with van der Waals surface area (Å²) in [5, 5.41) is 28.5. The summed E-state index contributed by atoms with van der Waals surface area (Å²) in [6.07, 6.45) is 4.87. The number of benzene rings is 1. The van der Waals surface area contributed by atoms with Crippen LogP contribution in [0.3, 0.4) is 0 Å². The molecular formula is C17H15N7O5S. The van der Waals surface area contributed by atoms with Gasteiger partial charge in [-0.1, -0.05) is 18.2 Å². The van der Waals surface area contributed by atoms with Crippen LogP contribution in [0.15, 0.2) is 74.4 Å². The summed E-state index contributed by atoms with van der Waals surface area (Å²) in [5.74, 6) is -0.357. The van der Waals surface area contributed by atoms with Crippen LogP contribution in [-0.4, -0.2) is 37.7 Å². The third-order valence-electron chi connectivity index (χ3n) is 3.55. The Hall–Kier alpha value is -4.18. The minimum atomic E-state index is -4.20. The first-order valence-electron chi connectivity index (χ1n) is 8.41. The average Bonchev–Trinajstić information content (AvgIpc) is 3.14. The Labute approximate surface area is 170 Å². The monoisotopic (exact) mass is 429 g/mol. The Balaban J connectivity index is 1.69. The molecule has 154 valence electrons. The van der Waals surface area contributed by atoms with Gasteiger partial charge in [0.05, 0.1) is 28.5 Å². The van der Waals surface area contributed by atoms with Gasteiger partial charge in [-0.05, 0) is 29.2 Å². The zero-order chi connectivity index (χ0) is 21.4. The fourth-order valence-corrected chi connectivity index (χ4v) is 3.57. The number of guanidine groups is 1. The van der Waals surface area contributed by atoms with Crippen LogP contribution in [0.25, 0.3) is 0 Å². The number of ether oxygens (including phenoxy) is 1. The van der Waals surface area contributed by atoms with Crippen LogP contribution in [0.4, 0.5) is 5.69 Å². The molecule has 0 radical (unpaired) electrons. The number of hydrogen-bond acceptors (Lipinski definition) is 9. The maximum atomic E-state index is 12.7. The number of aliphatic imine (C=N–C) groups is 1. The fourth-order valence-electron chi connectivity index (χ4n) is 2.28. The SMILES string of the molecule is N#CNC(=NCCOc1no[n+]([O-])c1S(=O)(=O)c1ccccc1)Nc1cccnc1. The molecule has 30 heavy (non-hydrogen) atoms. The van der Waals surface area contributed by atoms with Crippen molar-refractivity contribution in [3.05, 3.63) is 60.1 Å². The standard InChI is InChI=1S/C17H15N7O5S/c18-12-21-17(22-13-5-4-8-19-11-13)20-9-10-28-15-16(24(25)29-23-15)30(26,27)14-6-2-1-3-7-14/h1-8,11H,9-10H2,(H2,20,21,22). The lowest BCUT2D eigenvalue weighted by Crippen LogP contribution is -2.31. The zero-order valence-electron chi connectivity index (χ0n) is 15.3. The van der Waals surface area contributed by atoms with Crippen molar-refractivity contribution in [2.45, 2.75) is 9.92 Å². The van der Waals surface area contributed by atoms with Gasteiger partial charge < -0.3 is 15.3 Å². The second-order valence-corrected chi connectivity index (χ2v) is 7.40. The van der Waals surface area contributed by atoms with Gasteiger partial charge in [-0.15, -0.1) is 0 Å². The minimum absolute atomic E-state index is 0.00776. The summed E-state index contributed by atoms with van der Waals surface area (Å²) in [7, 11) is -4.20. The lowest BCUT2D eigenvalue weighted by molar-refractivity contribution is -0.832. The molecule has 0 aliphatic carbocycles. The average molecular weight is 429 g/mol. The quantitative estimate of drug-likeness (QED) is 0.134. The highest BCUT2D eigenvalue weighted by molar-refractivity contribution is 7.91. The summed E-state index contributed by atoms with van der Waals surface area (Å²) < 4.78 is 35.0. The number of rotatable bonds is 7. The molecule has 0 fully saturated rings. The Morgan fingerprint density at radius 2 is 2.10 bits per heavy atom. The van der Waals surface area contributed by atoms with E-state index in [0.29, 0.717) is 5.69 Å². The molecule has 3 rings (SSSR count). The Morgan fingerprint density at radius 1 is 1.30 bits per heavy atom. The highest BCUT2D eigenvalue weighted by atomic mass is 32.2. The van der Waals surface area contributed by atoms with E-state index in [9.17, 15) is 13.6 Å². The van der Waals surface area contributed by atoms with Crippen molar-refractivity contribution in [2.75, 3.05) is 18.5 Å². The van der Waals surface area contributed by atoms with Gasteiger partial charge in [-0.2, -0.15) is 5.26 Å². The van der Waals surface area contributed by atoms with Crippen LogP contribution < -0.4 is 20.3 Å². The smallest absolute Gasteiger partial charge is 0.415 e. The van der Waals surface area contributed by atoms with Crippen molar-refractivity contribution in [3.63, 3.8) is 0 Å². The fraction of sp³-hybridized carbons (Fsp3) is 0.118. The van der Waals surface area contributed by atoms with Crippen molar-refractivity contribution in [1.82, 2.24) is 15.5 Å². The molecule has 0 amide bonds. The first-order chi connectivity index (χ1) is 14.5. The van der Waals surface area contributed by atoms with Crippen LogP contribution >= 0.6 is 0 Å². The minimum Gasteiger partial charge on any atom is -0.452 e. The molecular weight excluding hydrogens is 414 g/mol.